The van der Waals surface area contributed by atoms with Crippen LogP contribution >= 0.6 is 11.8 Å². The molecule has 4 heteroatoms. The Hall–Kier alpha value is -0.710. The molecule has 0 saturated carbocycles. The van der Waals surface area contributed by atoms with E-state index in [1.54, 1.807) is 7.11 Å². The summed E-state index contributed by atoms with van der Waals surface area (Å²) < 4.78 is 5.40. The Kier molecular flexibility index (Phi) is 6.87. The molecule has 0 bridgehead atoms. The summed E-state index contributed by atoms with van der Waals surface area (Å²) >= 11 is 1.99. The van der Waals surface area contributed by atoms with Gasteiger partial charge in [0.05, 0.1) is 7.11 Å². The Balaban J connectivity index is 2.16. The van der Waals surface area contributed by atoms with Crippen LogP contribution < -0.4 is 10.1 Å². The van der Waals surface area contributed by atoms with Gasteiger partial charge in [-0.1, -0.05) is 13.0 Å². The van der Waals surface area contributed by atoms with Crippen LogP contribution in [-0.4, -0.2) is 36.4 Å². The summed E-state index contributed by atoms with van der Waals surface area (Å²) in [4.78, 5) is 0. The molecule has 118 valence electrons. The first kappa shape index (κ1) is 16.7. The quantitative estimate of drug-likeness (QED) is 0.724. The largest absolute Gasteiger partial charge is 0.497 e. The average molecular weight is 309 g/mol. The van der Waals surface area contributed by atoms with Crippen molar-refractivity contribution in [2.75, 3.05) is 26.0 Å². The van der Waals surface area contributed by atoms with Crippen molar-refractivity contribution in [1.82, 2.24) is 5.32 Å². The summed E-state index contributed by atoms with van der Waals surface area (Å²) in [5.41, 5.74) is 2.85. The van der Waals surface area contributed by atoms with Crippen molar-refractivity contribution in [2.45, 2.75) is 43.9 Å². The number of hydrogen-bond donors (Lipinski definition) is 2. The van der Waals surface area contributed by atoms with Crippen molar-refractivity contribution in [1.29, 1.82) is 0 Å². The maximum absolute atomic E-state index is 8.98. The fourth-order valence-electron chi connectivity index (χ4n) is 2.90. The number of aryl methyl sites for hydroxylation is 1. The first-order valence-corrected chi connectivity index (χ1v) is 8.97. The van der Waals surface area contributed by atoms with E-state index in [0.29, 0.717) is 11.3 Å². The lowest BCUT2D eigenvalue weighted by Crippen LogP contribution is -2.35. The summed E-state index contributed by atoms with van der Waals surface area (Å²) in [6.45, 7) is 3.53. The predicted molar refractivity (Wildman–Crippen MR) is 90.3 cm³/mol. The van der Waals surface area contributed by atoms with Crippen LogP contribution in [-0.2, 0) is 6.42 Å². The summed E-state index contributed by atoms with van der Waals surface area (Å²) in [6, 6.07) is 6.87. The van der Waals surface area contributed by atoms with Crippen LogP contribution in [0.4, 0.5) is 0 Å². The van der Waals surface area contributed by atoms with Crippen molar-refractivity contribution in [3.63, 3.8) is 0 Å². The highest BCUT2D eigenvalue weighted by Gasteiger charge is 2.29. The molecule has 0 fully saturated rings. The molecule has 1 aromatic carbocycles. The van der Waals surface area contributed by atoms with Crippen LogP contribution in [0.25, 0.3) is 0 Å². The van der Waals surface area contributed by atoms with E-state index in [0.717, 1.165) is 37.3 Å². The molecule has 1 aliphatic rings. The zero-order valence-electron chi connectivity index (χ0n) is 13.1. The van der Waals surface area contributed by atoms with Gasteiger partial charge in [-0.25, -0.2) is 0 Å². The van der Waals surface area contributed by atoms with Crippen LogP contribution in [0, 0.1) is 0 Å². The second-order valence-corrected chi connectivity index (χ2v) is 6.87. The van der Waals surface area contributed by atoms with Gasteiger partial charge < -0.3 is 15.2 Å². The zero-order valence-corrected chi connectivity index (χ0v) is 13.9. The molecule has 3 nitrogen and oxygen atoms in total. The molecule has 0 heterocycles. The van der Waals surface area contributed by atoms with E-state index in [4.69, 9.17) is 9.84 Å². The normalized spacial score (nSPS) is 21.1. The number of ether oxygens (including phenoxy) is 1. The van der Waals surface area contributed by atoms with Crippen molar-refractivity contribution in [2.24, 2.45) is 0 Å². The van der Waals surface area contributed by atoms with Gasteiger partial charge in [0, 0.05) is 17.9 Å². The topological polar surface area (TPSA) is 41.5 Å². The molecule has 1 aliphatic carbocycles. The second-order valence-electron chi connectivity index (χ2n) is 5.52. The number of methoxy groups -OCH3 is 1. The molecule has 0 amide bonds. The first-order valence-electron chi connectivity index (χ1n) is 7.92. The highest BCUT2D eigenvalue weighted by atomic mass is 32.2. The number of aliphatic hydroxyl groups excluding tert-OH is 1. The molecule has 2 unspecified atom stereocenters. The Labute approximate surface area is 132 Å². The molecule has 0 aromatic heterocycles. The van der Waals surface area contributed by atoms with Gasteiger partial charge in [0.2, 0.25) is 0 Å². The molecule has 0 radical (unpaired) electrons. The number of fused-ring (bicyclic) bond motifs is 1. The van der Waals surface area contributed by atoms with Crippen molar-refractivity contribution in [3.8, 4) is 5.75 Å². The standard InChI is InChI=1S/C17H27NO2S/c1-3-9-18-17-15-12-14(20-2)7-5-13(15)6-8-16(17)21-11-4-10-19/h5,7,12,16-19H,3-4,6,8-11H2,1-2H3. The van der Waals surface area contributed by atoms with Crippen LogP contribution in [0.3, 0.4) is 0 Å². The van der Waals surface area contributed by atoms with E-state index >= 15 is 0 Å². The monoisotopic (exact) mass is 309 g/mol. The van der Waals surface area contributed by atoms with Gasteiger partial charge in [0.1, 0.15) is 5.75 Å². The minimum Gasteiger partial charge on any atom is -0.497 e. The van der Waals surface area contributed by atoms with Gasteiger partial charge in [-0.05, 0) is 61.2 Å². The van der Waals surface area contributed by atoms with E-state index < -0.39 is 0 Å². The third kappa shape index (κ3) is 4.38. The smallest absolute Gasteiger partial charge is 0.119 e. The van der Waals surface area contributed by atoms with E-state index in [9.17, 15) is 0 Å². The van der Waals surface area contributed by atoms with E-state index in [-0.39, 0.29) is 6.61 Å². The van der Waals surface area contributed by atoms with Crippen molar-refractivity contribution in [3.05, 3.63) is 29.3 Å². The Bertz CT molecular complexity index is 439. The van der Waals surface area contributed by atoms with E-state index in [1.807, 2.05) is 11.8 Å². The fraction of sp³-hybridized carbons (Fsp3) is 0.647. The summed E-state index contributed by atoms with van der Waals surface area (Å²) in [5.74, 6) is 1.98. The molecule has 2 rings (SSSR count). The highest BCUT2D eigenvalue weighted by Crippen LogP contribution is 2.38. The average Bonchev–Trinajstić information content (AvgIpc) is 2.53. The van der Waals surface area contributed by atoms with E-state index in [2.05, 4.69) is 30.4 Å². The fourth-order valence-corrected chi connectivity index (χ4v) is 4.22. The minimum atomic E-state index is 0.289. The van der Waals surface area contributed by atoms with Crippen molar-refractivity contribution >= 4 is 11.8 Å². The SMILES string of the molecule is CCCNC1c2cc(OC)ccc2CCC1SCCCO. The Morgan fingerprint density at radius 1 is 1.43 bits per heavy atom. The number of thioether (sulfide) groups is 1. The molecular formula is C17H27NO2S. The number of rotatable bonds is 8. The van der Waals surface area contributed by atoms with Crippen LogP contribution in [0.5, 0.6) is 5.75 Å². The lowest BCUT2D eigenvalue weighted by molar-refractivity contribution is 0.296. The second kappa shape index (κ2) is 8.66. The lowest BCUT2D eigenvalue weighted by Gasteiger charge is -2.34. The molecule has 1 aromatic rings. The molecule has 0 saturated heterocycles. The van der Waals surface area contributed by atoms with E-state index in [1.165, 1.54) is 17.5 Å². The molecule has 0 aliphatic heterocycles. The lowest BCUT2D eigenvalue weighted by atomic mass is 9.87. The molecular weight excluding hydrogens is 282 g/mol. The summed E-state index contributed by atoms with van der Waals surface area (Å²) in [7, 11) is 1.73. The molecule has 2 N–H and O–H groups in total. The maximum Gasteiger partial charge on any atom is 0.119 e. The number of nitrogens with one attached hydrogen (secondary N) is 1. The van der Waals surface area contributed by atoms with Crippen molar-refractivity contribution < 1.29 is 9.84 Å². The van der Waals surface area contributed by atoms with Crippen LogP contribution in [0.2, 0.25) is 0 Å². The van der Waals surface area contributed by atoms with Gasteiger partial charge in [-0.15, -0.1) is 0 Å². The van der Waals surface area contributed by atoms with Gasteiger partial charge in [-0.2, -0.15) is 11.8 Å². The number of benzene rings is 1. The number of hydrogen-bond acceptors (Lipinski definition) is 4. The highest BCUT2D eigenvalue weighted by molar-refractivity contribution is 7.99. The predicted octanol–water partition coefficient (Wildman–Crippen LogP) is 3.17. The number of aliphatic hydroxyl groups is 1. The Morgan fingerprint density at radius 3 is 3.00 bits per heavy atom. The van der Waals surface area contributed by atoms with Gasteiger partial charge in [0.25, 0.3) is 0 Å². The molecule has 2 atom stereocenters. The first-order chi connectivity index (χ1) is 10.3. The third-order valence-corrected chi connectivity index (χ3v) is 5.47. The summed E-state index contributed by atoms with van der Waals surface area (Å²) in [6.07, 6.45) is 4.37. The minimum absolute atomic E-state index is 0.289. The third-order valence-electron chi connectivity index (χ3n) is 4.01. The summed E-state index contributed by atoms with van der Waals surface area (Å²) in [5, 5.41) is 13.3. The molecule has 0 spiro atoms. The maximum atomic E-state index is 8.98. The van der Waals surface area contributed by atoms with Gasteiger partial charge >= 0.3 is 0 Å². The van der Waals surface area contributed by atoms with Gasteiger partial charge in [0.15, 0.2) is 0 Å². The van der Waals surface area contributed by atoms with Gasteiger partial charge in [-0.3, -0.25) is 0 Å². The van der Waals surface area contributed by atoms with Crippen LogP contribution in [0.1, 0.15) is 43.4 Å². The zero-order chi connectivity index (χ0) is 15.1. The Morgan fingerprint density at radius 2 is 2.29 bits per heavy atom. The van der Waals surface area contributed by atoms with Crippen LogP contribution in [0.15, 0.2) is 18.2 Å². The molecule has 21 heavy (non-hydrogen) atoms.